The third-order valence-electron chi connectivity index (χ3n) is 4.45. The van der Waals surface area contributed by atoms with Crippen LogP contribution in [0.25, 0.3) is 11.0 Å². The van der Waals surface area contributed by atoms with Gasteiger partial charge in [0, 0.05) is 26.7 Å². The van der Waals surface area contributed by atoms with Crippen LogP contribution in [0.15, 0.2) is 30.3 Å². The number of Topliss-reactive ketones (excluding diaryl/α,β-unsaturated/α-hetero) is 1. The Kier molecular flexibility index (Phi) is 5.53. The lowest BCUT2D eigenvalue weighted by atomic mass is 10.1. The van der Waals surface area contributed by atoms with E-state index in [2.05, 4.69) is 4.98 Å². The minimum atomic E-state index is -0.615. The smallest absolute Gasteiger partial charge is 0.267 e. The number of fused-ring (bicyclic) bond motifs is 1. The van der Waals surface area contributed by atoms with Crippen LogP contribution in [0, 0.1) is 0 Å². The molecule has 2 aromatic heterocycles. The zero-order chi connectivity index (χ0) is 19.7. The Bertz CT molecular complexity index is 1060. The molecule has 3 aromatic rings. The summed E-state index contributed by atoms with van der Waals surface area (Å²) in [6, 6.07) is 8.57. The Morgan fingerprint density at radius 1 is 1.19 bits per heavy atom. The van der Waals surface area contributed by atoms with Crippen molar-refractivity contribution < 1.29 is 9.59 Å². The molecular weight excluding hydrogens is 385 g/mol. The molecule has 0 spiro atoms. The molecule has 0 aliphatic rings. The molecule has 0 aliphatic heterocycles. The van der Waals surface area contributed by atoms with Gasteiger partial charge in [0.2, 0.25) is 0 Å². The average molecular weight is 404 g/mol. The van der Waals surface area contributed by atoms with Gasteiger partial charge in [-0.1, -0.05) is 42.6 Å². The van der Waals surface area contributed by atoms with E-state index in [1.165, 1.54) is 6.92 Å². The third-order valence-corrected chi connectivity index (χ3v) is 5.04. The first-order chi connectivity index (χ1) is 12.8. The maximum atomic E-state index is 12.4. The largest absolute Gasteiger partial charge is 0.364 e. The molecule has 0 fully saturated rings. The Labute approximate surface area is 167 Å². The van der Waals surface area contributed by atoms with E-state index in [9.17, 15) is 9.59 Å². The number of hydrogen-bond acceptors (Lipinski definition) is 3. The Morgan fingerprint density at radius 3 is 2.52 bits per heavy atom. The minimum absolute atomic E-state index is 0.0435. The fraction of sp³-hybridized carbons (Fsp3) is 0.250. The van der Waals surface area contributed by atoms with Crippen LogP contribution in [0.4, 0.5) is 0 Å². The van der Waals surface area contributed by atoms with Crippen LogP contribution in [0.3, 0.4) is 0 Å². The first-order valence-electron chi connectivity index (χ1n) is 8.60. The van der Waals surface area contributed by atoms with Crippen molar-refractivity contribution in [2.45, 2.75) is 33.2 Å². The highest BCUT2D eigenvalue weighted by Crippen LogP contribution is 2.30. The summed E-state index contributed by atoms with van der Waals surface area (Å²) in [5, 5.41) is 1.79. The van der Waals surface area contributed by atoms with E-state index >= 15 is 0 Å². The summed E-state index contributed by atoms with van der Waals surface area (Å²) in [6.07, 6.45) is 1.55. The van der Waals surface area contributed by atoms with Gasteiger partial charge in [-0.05, 0) is 43.2 Å². The molecular formula is C20H19Cl2N3O2. The van der Waals surface area contributed by atoms with E-state index in [4.69, 9.17) is 28.9 Å². The molecule has 5 nitrogen and oxygen atoms in total. The first kappa shape index (κ1) is 19.4. The Morgan fingerprint density at radius 2 is 1.93 bits per heavy atom. The normalized spacial score (nSPS) is 11.1. The minimum Gasteiger partial charge on any atom is -0.364 e. The number of rotatable bonds is 6. The van der Waals surface area contributed by atoms with Crippen LogP contribution in [0.2, 0.25) is 10.0 Å². The van der Waals surface area contributed by atoms with Gasteiger partial charge in [-0.2, -0.15) is 0 Å². The van der Waals surface area contributed by atoms with Crippen LogP contribution in [-0.4, -0.2) is 21.2 Å². The SMILES string of the molecule is CCCc1c(C(C)=O)c2ccc(C(N)=O)nc2n1Cc1ccc(Cl)cc1Cl. The molecule has 3 rings (SSSR count). The van der Waals surface area contributed by atoms with Crippen molar-refractivity contribution in [2.75, 3.05) is 0 Å². The van der Waals surface area contributed by atoms with Crippen molar-refractivity contribution in [3.8, 4) is 0 Å². The molecule has 2 N–H and O–H groups in total. The molecule has 7 heteroatoms. The van der Waals surface area contributed by atoms with Crippen LogP contribution in [-0.2, 0) is 13.0 Å². The summed E-state index contributed by atoms with van der Waals surface area (Å²) >= 11 is 12.3. The lowest BCUT2D eigenvalue weighted by Gasteiger charge is -2.12. The Balaban J connectivity index is 2.29. The third kappa shape index (κ3) is 3.70. The highest BCUT2D eigenvalue weighted by Gasteiger charge is 2.22. The number of benzene rings is 1. The van der Waals surface area contributed by atoms with Gasteiger partial charge >= 0.3 is 0 Å². The number of carbonyl (C=O) groups is 2. The molecule has 27 heavy (non-hydrogen) atoms. The summed E-state index contributed by atoms with van der Waals surface area (Å²) < 4.78 is 1.94. The van der Waals surface area contributed by atoms with E-state index in [0.717, 1.165) is 17.7 Å². The standard InChI is InChI=1S/C20H19Cl2N3O2/c1-3-4-17-18(11(2)26)14-7-8-16(19(23)27)24-20(14)25(17)10-12-5-6-13(21)9-15(12)22/h5-9H,3-4,10H2,1-2H3,(H2,23,27). The topological polar surface area (TPSA) is 78.0 Å². The first-order valence-corrected chi connectivity index (χ1v) is 9.35. The molecule has 0 saturated carbocycles. The second-order valence-electron chi connectivity index (χ2n) is 6.38. The maximum Gasteiger partial charge on any atom is 0.267 e. The van der Waals surface area contributed by atoms with E-state index < -0.39 is 5.91 Å². The van der Waals surface area contributed by atoms with Crippen molar-refractivity contribution in [3.63, 3.8) is 0 Å². The van der Waals surface area contributed by atoms with Crippen molar-refractivity contribution in [2.24, 2.45) is 5.73 Å². The van der Waals surface area contributed by atoms with Crippen molar-refractivity contribution in [1.82, 2.24) is 9.55 Å². The number of nitrogens with two attached hydrogens (primary N) is 1. The lowest BCUT2D eigenvalue weighted by molar-refractivity contribution is 0.0993. The molecule has 140 valence electrons. The number of amides is 1. The fourth-order valence-corrected chi connectivity index (χ4v) is 3.75. The summed E-state index contributed by atoms with van der Waals surface area (Å²) in [5.74, 6) is -0.659. The van der Waals surface area contributed by atoms with Crippen molar-refractivity contribution in [1.29, 1.82) is 0 Å². The number of hydrogen-bond donors (Lipinski definition) is 1. The van der Waals surface area contributed by atoms with Gasteiger partial charge in [-0.15, -0.1) is 0 Å². The lowest BCUT2D eigenvalue weighted by Crippen LogP contribution is -2.14. The highest BCUT2D eigenvalue weighted by atomic mass is 35.5. The van der Waals surface area contributed by atoms with E-state index in [1.54, 1.807) is 24.3 Å². The zero-order valence-electron chi connectivity index (χ0n) is 15.1. The number of ketones is 1. The van der Waals surface area contributed by atoms with Gasteiger partial charge < -0.3 is 10.3 Å². The highest BCUT2D eigenvalue weighted by molar-refractivity contribution is 6.35. The average Bonchev–Trinajstić information content (AvgIpc) is 2.90. The zero-order valence-corrected chi connectivity index (χ0v) is 16.6. The van der Waals surface area contributed by atoms with Crippen LogP contribution >= 0.6 is 23.2 Å². The number of primary amides is 1. The second kappa shape index (κ2) is 7.71. The van der Waals surface area contributed by atoms with Gasteiger partial charge in [0.25, 0.3) is 5.91 Å². The van der Waals surface area contributed by atoms with E-state index in [1.807, 2.05) is 17.6 Å². The number of nitrogens with zero attached hydrogens (tertiary/aromatic N) is 2. The van der Waals surface area contributed by atoms with E-state index in [-0.39, 0.29) is 11.5 Å². The van der Waals surface area contributed by atoms with Crippen molar-refractivity contribution in [3.05, 3.63) is 62.9 Å². The predicted molar refractivity (Wildman–Crippen MR) is 108 cm³/mol. The summed E-state index contributed by atoms with van der Waals surface area (Å²) in [5.41, 5.74) is 8.44. The van der Waals surface area contributed by atoms with Crippen LogP contribution < -0.4 is 5.73 Å². The molecule has 0 radical (unpaired) electrons. The number of aromatic nitrogens is 2. The summed E-state index contributed by atoms with van der Waals surface area (Å²) in [4.78, 5) is 28.4. The summed E-state index contributed by atoms with van der Waals surface area (Å²) in [7, 11) is 0. The molecule has 2 heterocycles. The molecule has 0 saturated heterocycles. The molecule has 0 bridgehead atoms. The predicted octanol–water partition coefficient (Wildman–Crippen LogP) is 4.65. The molecule has 0 aliphatic carbocycles. The van der Waals surface area contributed by atoms with E-state index in [0.29, 0.717) is 39.6 Å². The molecule has 0 unspecified atom stereocenters. The van der Waals surface area contributed by atoms with Gasteiger partial charge in [-0.3, -0.25) is 9.59 Å². The van der Waals surface area contributed by atoms with Gasteiger partial charge in [-0.25, -0.2) is 4.98 Å². The maximum absolute atomic E-state index is 12.4. The van der Waals surface area contributed by atoms with Crippen LogP contribution in [0.5, 0.6) is 0 Å². The van der Waals surface area contributed by atoms with Gasteiger partial charge in [0.05, 0.1) is 6.54 Å². The number of halogens is 2. The summed E-state index contributed by atoms with van der Waals surface area (Å²) in [6.45, 7) is 3.99. The fourth-order valence-electron chi connectivity index (χ4n) is 3.28. The number of pyridine rings is 1. The van der Waals surface area contributed by atoms with Gasteiger partial charge in [0.1, 0.15) is 11.3 Å². The van der Waals surface area contributed by atoms with Crippen molar-refractivity contribution >= 4 is 45.9 Å². The Hall–Kier alpha value is -2.37. The van der Waals surface area contributed by atoms with Crippen LogP contribution in [0.1, 0.15) is 52.4 Å². The molecule has 0 atom stereocenters. The molecule has 1 aromatic carbocycles. The number of carbonyl (C=O) groups excluding carboxylic acids is 2. The van der Waals surface area contributed by atoms with Gasteiger partial charge in [0.15, 0.2) is 5.78 Å². The second-order valence-corrected chi connectivity index (χ2v) is 7.23. The molecule has 1 amide bonds. The quantitative estimate of drug-likeness (QED) is 0.608. The monoisotopic (exact) mass is 403 g/mol.